The van der Waals surface area contributed by atoms with Crippen molar-refractivity contribution in [1.29, 1.82) is 0 Å². The van der Waals surface area contributed by atoms with E-state index >= 15 is 0 Å². The highest BCUT2D eigenvalue weighted by Gasteiger charge is 2.33. The van der Waals surface area contributed by atoms with E-state index in [4.69, 9.17) is 4.74 Å². The molecular weight excluding hydrogens is 394 g/mol. The van der Waals surface area contributed by atoms with Gasteiger partial charge in [-0.2, -0.15) is 0 Å². The van der Waals surface area contributed by atoms with Crippen LogP contribution in [-0.4, -0.2) is 57.3 Å². The standard InChI is InChI=1S/C22H27N7O2/c1-2-31-18-13-21-24-9-11-28(21)14-15(18)22(30)25-19-7-8-20(27-26-19)29-12-10-23-16-5-3-4-6-17(16)29/h7-9,11,13-14,16-17,23H,2-6,10,12H2,1H3,(H,25,26,30). The molecule has 0 aromatic carbocycles. The number of nitrogens with zero attached hydrogens (tertiary/aromatic N) is 5. The quantitative estimate of drug-likeness (QED) is 0.653. The molecule has 0 radical (unpaired) electrons. The summed E-state index contributed by atoms with van der Waals surface area (Å²) in [4.78, 5) is 19.5. The molecular formula is C22H27N7O2. The molecule has 3 aromatic heterocycles. The fraction of sp³-hybridized carbons (Fsp3) is 0.455. The number of amides is 1. The Labute approximate surface area is 180 Å². The number of piperazine rings is 1. The van der Waals surface area contributed by atoms with Crippen molar-refractivity contribution in [3.8, 4) is 5.75 Å². The molecule has 0 bridgehead atoms. The van der Waals surface area contributed by atoms with Crippen molar-refractivity contribution in [2.24, 2.45) is 0 Å². The summed E-state index contributed by atoms with van der Waals surface area (Å²) in [7, 11) is 0. The number of hydrogen-bond acceptors (Lipinski definition) is 7. The van der Waals surface area contributed by atoms with Gasteiger partial charge in [-0.3, -0.25) is 4.79 Å². The van der Waals surface area contributed by atoms with Crippen LogP contribution in [0.15, 0.2) is 36.8 Å². The molecule has 2 aliphatic rings. The molecule has 1 saturated heterocycles. The molecule has 162 valence electrons. The van der Waals surface area contributed by atoms with Gasteiger partial charge in [0.1, 0.15) is 11.4 Å². The van der Waals surface area contributed by atoms with Crippen LogP contribution >= 0.6 is 0 Å². The topological polar surface area (TPSA) is 96.7 Å². The number of carbonyl (C=O) groups is 1. The molecule has 3 aromatic rings. The van der Waals surface area contributed by atoms with E-state index in [1.807, 2.05) is 19.1 Å². The first-order chi connectivity index (χ1) is 15.2. The monoisotopic (exact) mass is 421 g/mol. The lowest BCUT2D eigenvalue weighted by Crippen LogP contribution is -2.59. The summed E-state index contributed by atoms with van der Waals surface area (Å²) in [6.45, 7) is 4.22. The van der Waals surface area contributed by atoms with Crippen molar-refractivity contribution in [1.82, 2.24) is 24.9 Å². The van der Waals surface area contributed by atoms with E-state index in [2.05, 4.69) is 30.7 Å². The third-order valence-electron chi connectivity index (χ3n) is 6.11. The number of anilines is 2. The van der Waals surface area contributed by atoms with Crippen LogP contribution < -0.4 is 20.3 Å². The van der Waals surface area contributed by atoms with Crippen molar-refractivity contribution < 1.29 is 9.53 Å². The fourth-order valence-corrected chi connectivity index (χ4v) is 4.66. The fourth-order valence-electron chi connectivity index (χ4n) is 4.66. The average Bonchev–Trinajstić information content (AvgIpc) is 3.26. The lowest BCUT2D eigenvalue weighted by atomic mass is 9.87. The van der Waals surface area contributed by atoms with Gasteiger partial charge in [0.15, 0.2) is 11.6 Å². The first-order valence-corrected chi connectivity index (χ1v) is 11.0. The molecule has 2 atom stereocenters. The van der Waals surface area contributed by atoms with Gasteiger partial charge in [0.05, 0.1) is 12.2 Å². The van der Waals surface area contributed by atoms with Crippen LogP contribution in [0.3, 0.4) is 0 Å². The Hall–Kier alpha value is -3.20. The lowest BCUT2D eigenvalue weighted by Gasteiger charge is -2.45. The second-order valence-corrected chi connectivity index (χ2v) is 8.01. The zero-order chi connectivity index (χ0) is 21.2. The van der Waals surface area contributed by atoms with Crippen LogP contribution in [0.2, 0.25) is 0 Å². The van der Waals surface area contributed by atoms with E-state index in [0.717, 1.165) is 24.6 Å². The minimum atomic E-state index is -0.296. The van der Waals surface area contributed by atoms with Gasteiger partial charge in [0, 0.05) is 49.8 Å². The van der Waals surface area contributed by atoms with Gasteiger partial charge >= 0.3 is 0 Å². The van der Waals surface area contributed by atoms with Crippen LogP contribution in [0.4, 0.5) is 11.6 Å². The molecule has 4 heterocycles. The predicted octanol–water partition coefficient (Wildman–Crippen LogP) is 2.50. The van der Waals surface area contributed by atoms with E-state index in [1.165, 1.54) is 25.7 Å². The summed E-state index contributed by atoms with van der Waals surface area (Å²) in [6, 6.07) is 6.52. The molecule has 5 rings (SSSR count). The molecule has 2 unspecified atom stereocenters. The number of aromatic nitrogens is 4. The number of carbonyl (C=O) groups excluding carboxylic acids is 1. The summed E-state index contributed by atoms with van der Waals surface area (Å²) in [5, 5.41) is 15.2. The van der Waals surface area contributed by atoms with Crippen LogP contribution in [0.1, 0.15) is 43.0 Å². The number of rotatable bonds is 5. The predicted molar refractivity (Wildman–Crippen MR) is 118 cm³/mol. The van der Waals surface area contributed by atoms with Crippen LogP contribution in [-0.2, 0) is 0 Å². The number of fused-ring (bicyclic) bond motifs is 2. The normalized spacial score (nSPS) is 21.0. The maximum absolute atomic E-state index is 12.9. The molecule has 1 amide bonds. The summed E-state index contributed by atoms with van der Waals surface area (Å²) in [6.07, 6.45) is 10.1. The number of nitrogens with one attached hydrogen (secondary N) is 2. The van der Waals surface area contributed by atoms with Gasteiger partial charge in [-0.25, -0.2) is 4.98 Å². The smallest absolute Gasteiger partial charge is 0.262 e. The van der Waals surface area contributed by atoms with E-state index < -0.39 is 0 Å². The highest BCUT2D eigenvalue weighted by molar-refractivity contribution is 6.05. The van der Waals surface area contributed by atoms with E-state index in [1.54, 1.807) is 29.1 Å². The number of ether oxygens (including phenoxy) is 1. The van der Waals surface area contributed by atoms with Crippen molar-refractivity contribution in [3.05, 3.63) is 42.4 Å². The zero-order valence-electron chi connectivity index (χ0n) is 17.6. The lowest BCUT2D eigenvalue weighted by molar-refractivity contribution is 0.102. The summed E-state index contributed by atoms with van der Waals surface area (Å²) in [5.74, 6) is 1.48. The molecule has 1 aliphatic heterocycles. The van der Waals surface area contributed by atoms with E-state index in [-0.39, 0.29) is 5.91 Å². The van der Waals surface area contributed by atoms with Gasteiger partial charge in [-0.1, -0.05) is 12.8 Å². The third kappa shape index (κ3) is 3.93. The van der Waals surface area contributed by atoms with Gasteiger partial charge in [0.2, 0.25) is 0 Å². The number of imidazole rings is 1. The molecule has 0 spiro atoms. The zero-order valence-corrected chi connectivity index (χ0v) is 17.6. The van der Waals surface area contributed by atoms with Crippen LogP contribution in [0, 0.1) is 0 Å². The SMILES string of the molecule is CCOc1cc2nccn2cc1C(=O)Nc1ccc(N2CCNC3CCCCC32)nn1. The summed E-state index contributed by atoms with van der Waals surface area (Å²) in [5.41, 5.74) is 1.14. The Morgan fingerprint density at radius 1 is 1.29 bits per heavy atom. The van der Waals surface area contributed by atoms with Crippen molar-refractivity contribution in [2.75, 3.05) is 29.9 Å². The van der Waals surface area contributed by atoms with Crippen LogP contribution in [0.25, 0.3) is 5.65 Å². The molecule has 2 fully saturated rings. The maximum Gasteiger partial charge on any atom is 0.262 e. The molecule has 2 N–H and O–H groups in total. The second-order valence-electron chi connectivity index (χ2n) is 8.01. The van der Waals surface area contributed by atoms with E-state index in [9.17, 15) is 4.79 Å². The number of pyridine rings is 1. The van der Waals surface area contributed by atoms with Crippen molar-refractivity contribution in [3.63, 3.8) is 0 Å². The Kier molecular flexibility index (Phi) is 5.42. The highest BCUT2D eigenvalue weighted by Crippen LogP contribution is 2.29. The van der Waals surface area contributed by atoms with Gasteiger partial charge in [0.25, 0.3) is 5.91 Å². The van der Waals surface area contributed by atoms with Crippen LogP contribution in [0.5, 0.6) is 5.75 Å². The Bertz CT molecular complexity index is 1060. The van der Waals surface area contributed by atoms with Gasteiger partial charge in [-0.05, 0) is 31.9 Å². The Balaban J connectivity index is 1.33. The minimum Gasteiger partial charge on any atom is -0.493 e. The molecule has 31 heavy (non-hydrogen) atoms. The third-order valence-corrected chi connectivity index (χ3v) is 6.11. The summed E-state index contributed by atoms with van der Waals surface area (Å²) >= 11 is 0. The van der Waals surface area contributed by atoms with Crippen molar-refractivity contribution in [2.45, 2.75) is 44.7 Å². The maximum atomic E-state index is 12.9. The van der Waals surface area contributed by atoms with E-state index in [0.29, 0.717) is 35.8 Å². The average molecular weight is 422 g/mol. The number of hydrogen-bond donors (Lipinski definition) is 2. The first kappa shape index (κ1) is 19.7. The van der Waals surface area contributed by atoms with Gasteiger partial charge in [-0.15, -0.1) is 10.2 Å². The summed E-state index contributed by atoms with van der Waals surface area (Å²) < 4.78 is 7.45. The second kappa shape index (κ2) is 8.50. The first-order valence-electron chi connectivity index (χ1n) is 11.0. The van der Waals surface area contributed by atoms with Crippen molar-refractivity contribution >= 4 is 23.2 Å². The highest BCUT2D eigenvalue weighted by atomic mass is 16.5. The Morgan fingerprint density at radius 2 is 2.19 bits per heavy atom. The molecule has 9 nitrogen and oxygen atoms in total. The molecule has 1 saturated carbocycles. The molecule has 9 heteroatoms. The minimum absolute atomic E-state index is 0.296. The largest absolute Gasteiger partial charge is 0.493 e. The Morgan fingerprint density at radius 3 is 3.03 bits per heavy atom. The van der Waals surface area contributed by atoms with Gasteiger partial charge < -0.3 is 24.7 Å². The molecule has 1 aliphatic carbocycles.